The zero-order valence-electron chi connectivity index (χ0n) is 20.7. The highest BCUT2D eigenvalue weighted by molar-refractivity contribution is 6.04. The van der Waals surface area contributed by atoms with E-state index >= 15 is 0 Å². The highest BCUT2D eigenvalue weighted by atomic mass is 16.5. The lowest BCUT2D eigenvalue weighted by molar-refractivity contribution is -0.121. The molecule has 1 aromatic heterocycles. The van der Waals surface area contributed by atoms with Gasteiger partial charge in [0, 0.05) is 37.2 Å². The number of aromatic amines is 1. The van der Waals surface area contributed by atoms with Gasteiger partial charge in [-0.05, 0) is 43.7 Å². The van der Waals surface area contributed by atoms with E-state index in [0.717, 1.165) is 17.0 Å². The van der Waals surface area contributed by atoms with E-state index < -0.39 is 23.2 Å². The van der Waals surface area contributed by atoms with Gasteiger partial charge in [-0.3, -0.25) is 9.59 Å². The van der Waals surface area contributed by atoms with Crippen molar-refractivity contribution in [3.63, 3.8) is 0 Å². The number of carbonyl (C=O) groups excluding carboxylic acids is 1. The lowest BCUT2D eigenvalue weighted by Gasteiger charge is -2.28. The Balaban J connectivity index is 1.27. The summed E-state index contributed by atoms with van der Waals surface area (Å²) in [5.74, 6) is -1.20. The first kappa shape index (κ1) is 26.0. The molecule has 1 amide bonds. The molecule has 0 radical (unpaired) electrons. The molecule has 1 atom stereocenters. The molecule has 3 aromatic rings. The monoisotopic (exact) mass is 509 g/mol. The number of pyridine rings is 1. The molecule has 11 nitrogen and oxygen atoms in total. The van der Waals surface area contributed by atoms with E-state index in [1.165, 1.54) is 0 Å². The second-order valence-electron chi connectivity index (χ2n) is 9.58. The highest BCUT2D eigenvalue weighted by Gasteiger charge is 2.20. The van der Waals surface area contributed by atoms with Crippen molar-refractivity contribution >= 4 is 28.2 Å². The van der Waals surface area contributed by atoms with Gasteiger partial charge in [-0.1, -0.05) is 18.2 Å². The van der Waals surface area contributed by atoms with Crippen molar-refractivity contribution in [1.82, 2.24) is 15.7 Å². The zero-order chi connectivity index (χ0) is 26.6. The molecule has 0 saturated carbocycles. The number of fused-ring (bicyclic) bond motifs is 1. The Morgan fingerprint density at radius 2 is 1.84 bits per heavy atom. The van der Waals surface area contributed by atoms with Crippen LogP contribution in [0.4, 0.5) is 5.69 Å². The summed E-state index contributed by atoms with van der Waals surface area (Å²) in [7, 11) is 0. The van der Waals surface area contributed by atoms with Gasteiger partial charge in [0.15, 0.2) is 5.75 Å². The number of rotatable bonds is 10. The van der Waals surface area contributed by atoms with Crippen LogP contribution in [0, 0.1) is 0 Å². The average Bonchev–Trinajstić information content (AvgIpc) is 2.89. The molecular weight excluding hydrogens is 478 g/mol. The molecule has 0 spiro atoms. The van der Waals surface area contributed by atoms with Crippen LogP contribution in [0.3, 0.4) is 0 Å². The van der Waals surface area contributed by atoms with Crippen molar-refractivity contribution in [2.45, 2.75) is 38.3 Å². The van der Waals surface area contributed by atoms with Gasteiger partial charge in [-0.2, -0.15) is 5.10 Å². The summed E-state index contributed by atoms with van der Waals surface area (Å²) in [6.45, 7) is 4.77. The van der Waals surface area contributed by atoms with Gasteiger partial charge >= 0.3 is 0 Å². The molecule has 1 aliphatic heterocycles. The van der Waals surface area contributed by atoms with Gasteiger partial charge in [-0.25, -0.2) is 5.43 Å². The molecule has 0 fully saturated rings. The van der Waals surface area contributed by atoms with Gasteiger partial charge < -0.3 is 35.7 Å². The van der Waals surface area contributed by atoms with Crippen LogP contribution in [-0.4, -0.2) is 63.3 Å². The van der Waals surface area contributed by atoms with Crippen molar-refractivity contribution in [3.05, 3.63) is 58.4 Å². The fourth-order valence-electron chi connectivity index (χ4n) is 3.89. The Bertz CT molecular complexity index is 1370. The minimum absolute atomic E-state index is 0.0687. The molecule has 0 aliphatic carbocycles. The lowest BCUT2D eigenvalue weighted by Crippen LogP contribution is -2.49. The van der Waals surface area contributed by atoms with Crippen LogP contribution in [0.2, 0.25) is 0 Å². The van der Waals surface area contributed by atoms with E-state index in [9.17, 15) is 24.9 Å². The van der Waals surface area contributed by atoms with E-state index in [2.05, 4.69) is 26.1 Å². The molecule has 1 aliphatic rings. The third-order valence-corrected chi connectivity index (χ3v) is 6.06. The van der Waals surface area contributed by atoms with Gasteiger partial charge in [0.2, 0.25) is 11.7 Å². The molecule has 7 N–H and O–H groups in total. The predicted molar refractivity (Wildman–Crippen MR) is 140 cm³/mol. The van der Waals surface area contributed by atoms with Crippen LogP contribution in [-0.2, 0) is 4.79 Å². The van der Waals surface area contributed by atoms with Gasteiger partial charge in [0.05, 0.1) is 16.6 Å². The number of amides is 1. The van der Waals surface area contributed by atoms with Gasteiger partial charge in [0.1, 0.15) is 18.5 Å². The molecule has 37 heavy (non-hydrogen) atoms. The van der Waals surface area contributed by atoms with Gasteiger partial charge in [0.25, 0.3) is 5.56 Å². The molecule has 1 unspecified atom stereocenters. The number of nitrogens with one attached hydrogen (secondary N) is 4. The van der Waals surface area contributed by atoms with E-state index in [-0.39, 0.29) is 35.7 Å². The molecule has 0 bridgehead atoms. The highest BCUT2D eigenvalue weighted by Crippen LogP contribution is 2.35. The third-order valence-electron chi connectivity index (χ3n) is 6.06. The number of ether oxygens (including phenoxy) is 1. The first-order valence-corrected chi connectivity index (χ1v) is 12.0. The molecule has 196 valence electrons. The Morgan fingerprint density at radius 1 is 1.08 bits per heavy atom. The number of nitrogens with zero attached hydrogens (tertiary/aromatic N) is 1. The number of anilines is 1. The number of H-pyrrole nitrogens is 1. The van der Waals surface area contributed by atoms with Crippen LogP contribution >= 0.6 is 0 Å². The third kappa shape index (κ3) is 6.38. The molecular formula is C26H31N5O6. The summed E-state index contributed by atoms with van der Waals surface area (Å²) >= 11 is 0. The average molecular weight is 510 g/mol. The van der Waals surface area contributed by atoms with Crippen LogP contribution in [0.5, 0.6) is 17.2 Å². The van der Waals surface area contributed by atoms with Crippen molar-refractivity contribution in [2.24, 2.45) is 5.10 Å². The lowest BCUT2D eigenvalue weighted by atomic mass is 10.0. The summed E-state index contributed by atoms with van der Waals surface area (Å²) in [5.41, 5.74) is 4.41. The van der Waals surface area contributed by atoms with Crippen molar-refractivity contribution in [2.75, 3.05) is 25.0 Å². The topological polar surface area (TPSA) is 168 Å². The molecule has 0 saturated heterocycles. The van der Waals surface area contributed by atoms with Crippen molar-refractivity contribution < 1.29 is 24.9 Å². The summed E-state index contributed by atoms with van der Waals surface area (Å²) in [6, 6.07) is 12.6. The number of carbonyl (C=O) groups is 1. The second kappa shape index (κ2) is 10.9. The molecule has 2 aromatic carbocycles. The Kier molecular flexibility index (Phi) is 7.65. The fraction of sp³-hybridized carbons (Fsp3) is 0.346. The number of hydrogen-bond donors (Lipinski definition) is 7. The predicted octanol–water partition coefficient (Wildman–Crippen LogP) is 1.77. The van der Waals surface area contributed by atoms with Crippen LogP contribution in [0.1, 0.15) is 32.3 Å². The summed E-state index contributed by atoms with van der Waals surface area (Å²) in [5, 5.41) is 41.4. The normalized spacial score (nSPS) is 14.7. The summed E-state index contributed by atoms with van der Waals surface area (Å²) in [6.07, 6.45) is 0.194. The Morgan fingerprint density at radius 3 is 2.54 bits per heavy atom. The number of aliphatic hydroxyl groups excluding tert-OH is 1. The second-order valence-corrected chi connectivity index (χ2v) is 9.58. The fourth-order valence-corrected chi connectivity index (χ4v) is 3.89. The molecule has 4 rings (SSSR count). The Hall–Kier alpha value is -4.09. The number of β-amino-alcohol motifs (C(OH)–C–C–N with tert-alkyl or cyclic N) is 1. The number of hydrazone groups is 1. The van der Waals surface area contributed by atoms with Crippen LogP contribution in [0.25, 0.3) is 10.9 Å². The molecule has 2 heterocycles. The number of benzene rings is 2. The van der Waals surface area contributed by atoms with Gasteiger partial charge in [-0.15, -0.1) is 0 Å². The van der Waals surface area contributed by atoms with Crippen LogP contribution in [0.15, 0.2) is 52.4 Å². The van der Waals surface area contributed by atoms with E-state index in [4.69, 9.17) is 4.74 Å². The minimum Gasteiger partial charge on any atom is -0.504 e. The maximum Gasteiger partial charge on any atom is 0.294 e. The van der Waals surface area contributed by atoms with E-state index in [1.54, 1.807) is 18.2 Å². The van der Waals surface area contributed by atoms with Crippen molar-refractivity contribution in [3.8, 4) is 17.2 Å². The first-order chi connectivity index (χ1) is 17.6. The summed E-state index contributed by atoms with van der Waals surface area (Å²) in [4.78, 5) is 25.4. The zero-order valence-corrected chi connectivity index (χ0v) is 20.7. The standard InChI is InChI=1S/C26H31N5O6/c1-26(2,14-27-16-8-6-15(7-9-16)18-10-11-21(33)31-30-18)28-12-17(32)13-37-20-5-3-4-19-22(20)23(34)24(35)25(36)29-19/h3-9,17,27-28,32,35H,10-14H2,1-2H3,(H,31,33)(H2,29,34,36). The SMILES string of the molecule is CC(C)(CNc1ccc(C2=NNC(=O)CC2)cc1)NCC(O)COc1cccc2[nH]c(=O)c(O)c(O)c12. The quantitative estimate of drug-likeness (QED) is 0.217. The van der Waals surface area contributed by atoms with E-state index in [0.29, 0.717) is 24.9 Å². The molecule has 11 heteroatoms. The van der Waals surface area contributed by atoms with Crippen molar-refractivity contribution in [1.29, 1.82) is 0 Å². The smallest absolute Gasteiger partial charge is 0.294 e. The van der Waals surface area contributed by atoms with Crippen LogP contribution < -0.4 is 26.4 Å². The Labute approximate surface area is 213 Å². The number of hydrogen-bond acceptors (Lipinski definition) is 9. The summed E-state index contributed by atoms with van der Waals surface area (Å²) < 4.78 is 5.69. The maximum absolute atomic E-state index is 11.7. The first-order valence-electron chi connectivity index (χ1n) is 12.0. The number of aromatic hydroxyl groups is 2. The maximum atomic E-state index is 11.7. The number of aliphatic hydroxyl groups is 1. The number of aromatic nitrogens is 1. The van der Waals surface area contributed by atoms with E-state index in [1.807, 2.05) is 38.1 Å². The largest absolute Gasteiger partial charge is 0.504 e. The minimum atomic E-state index is -0.857.